The lowest BCUT2D eigenvalue weighted by molar-refractivity contribution is -0.140. The molecule has 1 aromatic carbocycles. The first-order chi connectivity index (χ1) is 9.99. The van der Waals surface area contributed by atoms with Crippen LogP contribution in [0.3, 0.4) is 0 Å². The van der Waals surface area contributed by atoms with Crippen molar-refractivity contribution in [1.29, 1.82) is 0 Å². The van der Waals surface area contributed by atoms with Crippen molar-refractivity contribution in [3.63, 3.8) is 0 Å². The Morgan fingerprint density at radius 1 is 1.24 bits per heavy atom. The van der Waals surface area contributed by atoms with Crippen LogP contribution < -0.4 is 5.32 Å². The minimum Gasteiger partial charge on any atom is -0.480 e. The first-order valence-corrected chi connectivity index (χ1v) is 6.55. The topological polar surface area (TPSA) is 92.4 Å². The number of benzene rings is 1. The van der Waals surface area contributed by atoms with Crippen LogP contribution in [0.1, 0.15) is 24.3 Å². The highest BCUT2D eigenvalue weighted by Crippen LogP contribution is 2.19. The second kappa shape index (κ2) is 6.21. The van der Waals surface area contributed by atoms with Crippen LogP contribution in [0, 0.1) is 5.92 Å². The van der Waals surface area contributed by atoms with Gasteiger partial charge in [0.05, 0.1) is 0 Å². The van der Waals surface area contributed by atoms with Crippen molar-refractivity contribution in [2.24, 2.45) is 5.92 Å². The van der Waals surface area contributed by atoms with Crippen LogP contribution in [0.2, 0.25) is 0 Å². The summed E-state index contributed by atoms with van der Waals surface area (Å²) in [6.45, 7) is 3.44. The molecule has 2 N–H and O–H groups in total. The second-order valence-corrected chi connectivity index (χ2v) is 4.98. The van der Waals surface area contributed by atoms with Crippen molar-refractivity contribution in [3.05, 3.63) is 42.1 Å². The predicted molar refractivity (Wildman–Crippen MR) is 75.7 cm³/mol. The Labute approximate surface area is 121 Å². The third-order valence-electron chi connectivity index (χ3n) is 3.02. The summed E-state index contributed by atoms with van der Waals surface area (Å²) in [7, 11) is 0. The van der Waals surface area contributed by atoms with Gasteiger partial charge in [-0.25, -0.2) is 4.79 Å². The molecule has 0 aliphatic rings. The molecule has 6 nitrogen and oxygen atoms in total. The zero-order chi connectivity index (χ0) is 15.4. The molecule has 1 aromatic heterocycles. The van der Waals surface area contributed by atoms with E-state index >= 15 is 0 Å². The lowest BCUT2D eigenvalue weighted by Gasteiger charge is -2.16. The molecule has 0 radical (unpaired) electrons. The number of hydrogen-bond acceptors (Lipinski definition) is 4. The number of nitrogens with one attached hydrogen (secondary N) is 1. The monoisotopic (exact) mass is 288 g/mol. The van der Waals surface area contributed by atoms with Crippen molar-refractivity contribution in [2.45, 2.75) is 19.9 Å². The predicted octanol–water partition coefficient (Wildman–Crippen LogP) is 2.18. The summed E-state index contributed by atoms with van der Waals surface area (Å²) in [6, 6.07) is 9.74. The van der Waals surface area contributed by atoms with Crippen LogP contribution in [0.25, 0.3) is 11.3 Å². The maximum absolute atomic E-state index is 12.0. The van der Waals surface area contributed by atoms with Gasteiger partial charge in [-0.3, -0.25) is 4.79 Å². The van der Waals surface area contributed by atoms with E-state index in [-0.39, 0.29) is 11.6 Å². The lowest BCUT2D eigenvalue weighted by atomic mass is 10.0. The summed E-state index contributed by atoms with van der Waals surface area (Å²) >= 11 is 0. The molecule has 0 bridgehead atoms. The SMILES string of the molecule is CC(C)[C@H](NC(=O)c1cc(-c2ccccc2)on1)C(=O)O. The zero-order valence-corrected chi connectivity index (χ0v) is 11.7. The van der Waals surface area contributed by atoms with E-state index in [4.69, 9.17) is 9.63 Å². The number of aliphatic carboxylic acids is 1. The first-order valence-electron chi connectivity index (χ1n) is 6.55. The van der Waals surface area contributed by atoms with Gasteiger partial charge in [-0.05, 0) is 5.92 Å². The number of carbonyl (C=O) groups excluding carboxylic acids is 1. The number of carbonyl (C=O) groups is 2. The van der Waals surface area contributed by atoms with Crippen LogP contribution in [-0.4, -0.2) is 28.2 Å². The maximum atomic E-state index is 12.0. The van der Waals surface area contributed by atoms with E-state index in [1.54, 1.807) is 13.8 Å². The third kappa shape index (κ3) is 3.47. The molecule has 21 heavy (non-hydrogen) atoms. The highest BCUT2D eigenvalue weighted by Gasteiger charge is 2.25. The molecule has 0 saturated heterocycles. The molecule has 0 aliphatic heterocycles. The van der Waals surface area contributed by atoms with Gasteiger partial charge in [0.15, 0.2) is 11.5 Å². The quantitative estimate of drug-likeness (QED) is 0.879. The van der Waals surface area contributed by atoms with Crippen LogP contribution in [0.15, 0.2) is 40.9 Å². The molecular weight excluding hydrogens is 272 g/mol. The number of carboxylic acid groups (broad SMARTS) is 1. The van der Waals surface area contributed by atoms with Crippen molar-refractivity contribution < 1.29 is 19.2 Å². The molecule has 0 aliphatic carbocycles. The minimum absolute atomic E-state index is 0.0563. The van der Waals surface area contributed by atoms with Crippen LogP contribution in [-0.2, 0) is 4.79 Å². The standard InChI is InChI=1S/C15H16N2O4/c1-9(2)13(15(19)20)16-14(18)11-8-12(21-17-11)10-6-4-3-5-7-10/h3-9,13H,1-2H3,(H,16,18)(H,19,20)/t13-/m0/s1. The smallest absolute Gasteiger partial charge is 0.326 e. The Balaban J connectivity index is 2.14. The molecule has 1 atom stereocenters. The number of rotatable bonds is 5. The molecule has 0 fully saturated rings. The summed E-state index contributed by atoms with van der Waals surface area (Å²) in [5.41, 5.74) is 0.850. The molecule has 0 spiro atoms. The van der Waals surface area contributed by atoms with Crippen molar-refractivity contribution in [3.8, 4) is 11.3 Å². The van der Waals surface area contributed by atoms with Crippen molar-refractivity contribution in [2.75, 3.05) is 0 Å². The number of carboxylic acids is 1. The summed E-state index contributed by atoms with van der Waals surface area (Å²) < 4.78 is 5.12. The number of aromatic nitrogens is 1. The van der Waals surface area contributed by atoms with Crippen LogP contribution in [0.4, 0.5) is 0 Å². The fourth-order valence-corrected chi connectivity index (χ4v) is 1.85. The fourth-order valence-electron chi connectivity index (χ4n) is 1.85. The van der Waals surface area contributed by atoms with Gasteiger partial charge >= 0.3 is 5.97 Å². The Kier molecular flexibility index (Phi) is 4.37. The van der Waals surface area contributed by atoms with Crippen LogP contribution in [0.5, 0.6) is 0 Å². The maximum Gasteiger partial charge on any atom is 0.326 e. The van der Waals surface area contributed by atoms with Gasteiger partial charge in [0.2, 0.25) is 0 Å². The molecule has 0 saturated carbocycles. The summed E-state index contributed by atoms with van der Waals surface area (Å²) in [6.07, 6.45) is 0. The van der Waals surface area contributed by atoms with Crippen molar-refractivity contribution in [1.82, 2.24) is 10.5 Å². The Hall–Kier alpha value is -2.63. The van der Waals surface area contributed by atoms with E-state index in [2.05, 4.69) is 10.5 Å². The Bertz CT molecular complexity index is 634. The average Bonchev–Trinajstić information content (AvgIpc) is 2.94. The second-order valence-electron chi connectivity index (χ2n) is 4.98. The average molecular weight is 288 g/mol. The minimum atomic E-state index is -1.08. The van der Waals surface area contributed by atoms with E-state index in [1.165, 1.54) is 6.07 Å². The van der Waals surface area contributed by atoms with E-state index in [1.807, 2.05) is 30.3 Å². The van der Waals surface area contributed by atoms with Gasteiger partial charge in [-0.15, -0.1) is 0 Å². The fraction of sp³-hybridized carbons (Fsp3) is 0.267. The number of nitrogens with zero attached hydrogens (tertiary/aromatic N) is 1. The number of amides is 1. The molecular formula is C15H16N2O4. The van der Waals surface area contributed by atoms with Gasteiger partial charge in [-0.1, -0.05) is 49.3 Å². The number of hydrogen-bond donors (Lipinski definition) is 2. The normalized spacial score (nSPS) is 12.1. The van der Waals surface area contributed by atoms with Gasteiger partial charge in [0, 0.05) is 11.6 Å². The molecule has 2 aromatic rings. The van der Waals surface area contributed by atoms with Crippen LogP contribution >= 0.6 is 0 Å². The Morgan fingerprint density at radius 3 is 2.48 bits per heavy atom. The van der Waals surface area contributed by atoms with E-state index in [0.717, 1.165) is 5.56 Å². The van der Waals surface area contributed by atoms with E-state index < -0.39 is 17.9 Å². The molecule has 110 valence electrons. The summed E-state index contributed by atoms with van der Waals surface area (Å²) in [5.74, 6) is -1.42. The van der Waals surface area contributed by atoms with Gasteiger partial charge in [-0.2, -0.15) is 0 Å². The molecule has 0 unspecified atom stereocenters. The third-order valence-corrected chi connectivity index (χ3v) is 3.02. The first kappa shape index (κ1) is 14.8. The highest BCUT2D eigenvalue weighted by molar-refractivity contribution is 5.95. The molecule has 2 rings (SSSR count). The molecule has 1 heterocycles. The Morgan fingerprint density at radius 2 is 1.90 bits per heavy atom. The summed E-state index contributed by atoms with van der Waals surface area (Å²) in [4.78, 5) is 23.1. The zero-order valence-electron chi connectivity index (χ0n) is 11.7. The summed E-state index contributed by atoms with van der Waals surface area (Å²) in [5, 5.41) is 15.2. The van der Waals surface area contributed by atoms with E-state index in [9.17, 15) is 9.59 Å². The largest absolute Gasteiger partial charge is 0.480 e. The molecule has 6 heteroatoms. The van der Waals surface area contributed by atoms with Gasteiger partial charge in [0.1, 0.15) is 6.04 Å². The highest BCUT2D eigenvalue weighted by atomic mass is 16.5. The lowest BCUT2D eigenvalue weighted by Crippen LogP contribution is -2.44. The molecule has 1 amide bonds. The van der Waals surface area contributed by atoms with Gasteiger partial charge in [0.25, 0.3) is 5.91 Å². The van der Waals surface area contributed by atoms with Gasteiger partial charge < -0.3 is 14.9 Å². The van der Waals surface area contributed by atoms with Crippen molar-refractivity contribution >= 4 is 11.9 Å². The van der Waals surface area contributed by atoms with E-state index in [0.29, 0.717) is 5.76 Å².